The highest BCUT2D eigenvalue weighted by molar-refractivity contribution is 5.77. The average Bonchev–Trinajstić information content (AvgIpc) is 0.808. The molecule has 0 aromatic carbocycles. The molecule has 3 rings (SSSR count). The van der Waals surface area contributed by atoms with Crippen LogP contribution in [0.4, 0.5) is 0 Å². The Kier molecular flexibility index (Phi) is 78.7. The normalized spacial score (nSPS) is 15.3. The van der Waals surface area contributed by atoms with Crippen LogP contribution in [0, 0.1) is 55.2 Å². The van der Waals surface area contributed by atoms with Gasteiger partial charge in [-0.2, -0.15) is 0 Å². The SMILES string of the molecule is CC(C)N1CCC(C(=O)OC(C)(C)C)CC1.CCN(C)CCC(=O)OCCC(C)(C)C.CCN(C)CCOC(=O)CCC(C)(C)C.CCN(CC)CCC(=O)OCCC(C)(C)C.CCN(CC)CCOC(=O)CCC(C)(C)C.CCN1CCCC(COC(=O)C(C)(C)C)C1.CN(C)CCC(=O)OCCC(C)(C)C.CN(C)CCOC(=O)CCC(C)(C)C.CN1CCC(C)(C(=O)OC(C)(C)C)CC1. The van der Waals surface area contributed by atoms with E-state index in [0.717, 1.165) is 182 Å². The zero-order valence-electron chi connectivity index (χ0n) is 97.7. The topological polar surface area (TPSA) is 266 Å². The fraction of sp³-hybridized carbons (Fsp3) is 0.918. The molecule has 1 unspecified atom stereocenters. The van der Waals surface area contributed by atoms with Crippen LogP contribution in [0.2, 0.25) is 0 Å². The van der Waals surface area contributed by atoms with Crippen LogP contribution in [0.15, 0.2) is 0 Å². The maximum absolute atomic E-state index is 12.0. The van der Waals surface area contributed by atoms with Crippen LogP contribution in [0.3, 0.4) is 0 Å². The minimum absolute atomic E-state index is 0.0177. The summed E-state index contributed by atoms with van der Waals surface area (Å²) in [6, 6.07) is 0.583. The molecule has 27 nitrogen and oxygen atoms in total. The number of likely N-dealkylation sites (N-methyl/N-ethyl adjacent to an activating group) is 3. The van der Waals surface area contributed by atoms with Gasteiger partial charge in [-0.15, -0.1) is 0 Å². The predicted octanol–water partition coefficient (Wildman–Crippen LogP) is 20.7. The Morgan fingerprint density at radius 1 is 0.365 bits per heavy atom. The summed E-state index contributed by atoms with van der Waals surface area (Å²) < 4.78 is 47.1. The zero-order valence-corrected chi connectivity index (χ0v) is 97.7. The van der Waals surface area contributed by atoms with E-state index in [9.17, 15) is 43.2 Å². The maximum Gasteiger partial charge on any atom is 0.312 e. The molecule has 3 saturated heterocycles. The molecule has 0 aliphatic carbocycles. The number of carbonyl (C=O) groups excluding carboxylic acids is 9. The number of esters is 9. The first-order valence-corrected chi connectivity index (χ1v) is 52.4. The first-order valence-electron chi connectivity index (χ1n) is 52.4. The molecule has 0 N–H and O–H groups in total. The molecule has 3 aliphatic heterocycles. The van der Waals surface area contributed by atoms with Crippen molar-refractivity contribution in [1.29, 1.82) is 0 Å². The summed E-state index contributed by atoms with van der Waals surface area (Å²) in [6.07, 6.45) is 14.6. The first-order chi connectivity index (χ1) is 62.5. The van der Waals surface area contributed by atoms with Gasteiger partial charge in [-0.25, -0.2) is 0 Å². The largest absolute Gasteiger partial charge is 0.466 e. The molecule has 3 heterocycles. The average molecular weight is 1960 g/mol. The molecular formula is C110H223N9O18. The second-order valence-electron chi connectivity index (χ2n) is 48.7. The van der Waals surface area contributed by atoms with Gasteiger partial charge in [0.2, 0.25) is 0 Å². The Bertz CT molecular complexity index is 3080. The van der Waals surface area contributed by atoms with Gasteiger partial charge in [-0.3, -0.25) is 43.2 Å². The zero-order chi connectivity index (χ0) is 108. The Labute approximate surface area is 843 Å². The Morgan fingerprint density at radius 2 is 0.693 bits per heavy atom. The van der Waals surface area contributed by atoms with Crippen LogP contribution in [-0.2, 0) is 85.8 Å². The van der Waals surface area contributed by atoms with E-state index >= 15 is 0 Å². The maximum atomic E-state index is 12.0. The highest BCUT2D eigenvalue weighted by atomic mass is 16.6. The van der Waals surface area contributed by atoms with E-state index in [0.29, 0.717) is 96.7 Å². The van der Waals surface area contributed by atoms with Gasteiger partial charge in [0.25, 0.3) is 0 Å². The molecule has 137 heavy (non-hydrogen) atoms. The molecular weight excluding hydrogens is 1740 g/mol. The lowest BCUT2D eigenvalue weighted by molar-refractivity contribution is -0.169. The van der Waals surface area contributed by atoms with Gasteiger partial charge in [0, 0.05) is 77.0 Å². The van der Waals surface area contributed by atoms with Crippen molar-refractivity contribution >= 4 is 53.7 Å². The number of ether oxygens (including phenoxy) is 9. The van der Waals surface area contributed by atoms with Crippen molar-refractivity contribution in [3.05, 3.63) is 0 Å². The highest BCUT2D eigenvalue weighted by Gasteiger charge is 2.40. The lowest BCUT2D eigenvalue weighted by Crippen LogP contribution is -2.43. The second kappa shape index (κ2) is 75.6. The first kappa shape index (κ1) is 143. The van der Waals surface area contributed by atoms with Crippen molar-refractivity contribution in [2.45, 2.75) is 389 Å². The van der Waals surface area contributed by atoms with Crippen molar-refractivity contribution in [2.75, 3.05) is 220 Å². The minimum Gasteiger partial charge on any atom is -0.466 e. The monoisotopic (exact) mass is 1960 g/mol. The summed E-state index contributed by atoms with van der Waals surface area (Å²) in [6.45, 7) is 98.8. The van der Waals surface area contributed by atoms with E-state index in [4.69, 9.17) is 42.6 Å². The van der Waals surface area contributed by atoms with E-state index in [1.165, 1.54) is 19.4 Å². The third-order valence-corrected chi connectivity index (χ3v) is 22.8. The van der Waals surface area contributed by atoms with E-state index in [1.807, 2.05) is 121 Å². The van der Waals surface area contributed by atoms with Crippen molar-refractivity contribution in [3.63, 3.8) is 0 Å². The molecule has 3 fully saturated rings. The second-order valence-corrected chi connectivity index (χ2v) is 48.7. The predicted molar refractivity (Wildman–Crippen MR) is 568 cm³/mol. The van der Waals surface area contributed by atoms with E-state index in [1.54, 1.807) is 0 Å². The minimum atomic E-state index is -0.376. The summed E-state index contributed by atoms with van der Waals surface area (Å²) in [5, 5.41) is 0. The van der Waals surface area contributed by atoms with Crippen LogP contribution in [-0.4, -0.2) is 335 Å². The van der Waals surface area contributed by atoms with Crippen molar-refractivity contribution in [1.82, 2.24) is 44.1 Å². The van der Waals surface area contributed by atoms with E-state index in [-0.39, 0.29) is 114 Å². The summed E-state index contributed by atoms with van der Waals surface area (Å²) in [4.78, 5) is 123. The summed E-state index contributed by atoms with van der Waals surface area (Å²) in [7, 11) is 13.9. The lowest BCUT2D eigenvalue weighted by Gasteiger charge is -2.37. The van der Waals surface area contributed by atoms with Gasteiger partial charge in [-0.1, -0.05) is 173 Å². The Balaban J connectivity index is -0.000000352. The van der Waals surface area contributed by atoms with Gasteiger partial charge in [0.1, 0.15) is 31.0 Å². The van der Waals surface area contributed by atoms with Crippen LogP contribution >= 0.6 is 0 Å². The molecule has 0 aromatic rings. The quantitative estimate of drug-likeness (QED) is 0.0406. The summed E-state index contributed by atoms with van der Waals surface area (Å²) in [5.41, 5.74) is -0.0478. The molecule has 3 aliphatic rings. The molecule has 816 valence electrons. The molecule has 0 spiro atoms. The fourth-order valence-electron chi connectivity index (χ4n) is 12.2. The molecule has 1 atom stereocenters. The third-order valence-electron chi connectivity index (χ3n) is 22.8. The molecule has 0 aromatic heterocycles. The number of piperidine rings is 3. The van der Waals surface area contributed by atoms with Crippen LogP contribution in [0.1, 0.15) is 372 Å². The van der Waals surface area contributed by atoms with Gasteiger partial charge < -0.3 is 86.7 Å². The number of hydrogen-bond donors (Lipinski definition) is 0. The van der Waals surface area contributed by atoms with Crippen molar-refractivity contribution in [3.8, 4) is 0 Å². The molecule has 0 saturated carbocycles. The van der Waals surface area contributed by atoms with Crippen molar-refractivity contribution < 1.29 is 85.8 Å². The third kappa shape index (κ3) is 99.4. The molecule has 0 bridgehead atoms. The number of nitrogens with zero attached hydrogens (tertiary/aromatic N) is 9. The number of carbonyl (C=O) groups is 9. The van der Waals surface area contributed by atoms with Crippen LogP contribution < -0.4 is 0 Å². The number of hydrogen-bond acceptors (Lipinski definition) is 27. The Hall–Kier alpha value is -5.13. The Morgan fingerprint density at radius 3 is 1.02 bits per heavy atom. The molecule has 0 radical (unpaired) electrons. The standard InChI is InChI=1S/2C13H25NO2.2C13H27NO2.C12H23NO2.2C12H25NO2.2C11H23NO2/c1-10(2)14-8-6-11(7-9-14)12(15)16-13(3,4)5;1-5-14-8-6-7-11(9-14)10-16-12(15)13(2,3)4;1-6-14(7-2)10-8-12(15)16-11-9-13(3,4)5;1-6-14(7-2)10-11-16-12(15)8-9-13(3,4)5;1-11(2,3)15-10(14)12(4)6-8-13(5)9-7-12;1-6-13(5)9-7-11(14)15-10-8-12(2,3)4;1-6-13(5)9-10-15-11(14)7-8-12(2,3)4;1-11(2,3)7-9-14-10(13)6-8-12(4)5;1-11(2,3)7-6-10(13)14-9-8-12(4)5/h10-11H,6-9H2,1-5H3;11H,5-10H2,1-4H3;2*6-11H2,1-5H3;6-9H2,1-5H3;2*6-10H2,1-5H3;2*6-9H2,1-5H3. The van der Waals surface area contributed by atoms with Gasteiger partial charge >= 0.3 is 53.7 Å². The molecule has 0 amide bonds. The fourth-order valence-corrected chi connectivity index (χ4v) is 12.2. The number of likely N-dealkylation sites (tertiary alicyclic amines) is 3. The van der Waals surface area contributed by atoms with Gasteiger partial charge in [0.05, 0.1) is 62.4 Å². The summed E-state index contributed by atoms with van der Waals surface area (Å²) >= 11 is 0. The molecule has 27 heteroatoms. The lowest BCUT2D eigenvalue weighted by atomic mass is 9.80. The van der Waals surface area contributed by atoms with E-state index in [2.05, 4.69) is 228 Å². The van der Waals surface area contributed by atoms with Crippen LogP contribution in [0.25, 0.3) is 0 Å². The van der Waals surface area contributed by atoms with Crippen molar-refractivity contribution in [2.24, 2.45) is 55.2 Å². The summed E-state index contributed by atoms with van der Waals surface area (Å²) in [5.74, 6) is 0.0197. The van der Waals surface area contributed by atoms with E-state index < -0.39 is 0 Å². The van der Waals surface area contributed by atoms with Crippen LogP contribution in [0.5, 0.6) is 0 Å². The number of rotatable bonds is 42. The highest BCUT2D eigenvalue weighted by Crippen LogP contribution is 2.34. The van der Waals surface area contributed by atoms with Gasteiger partial charge in [-0.05, 0) is 320 Å². The smallest absolute Gasteiger partial charge is 0.312 e. The van der Waals surface area contributed by atoms with Gasteiger partial charge in [0.15, 0.2) is 0 Å².